The maximum absolute atomic E-state index is 13.2. The van der Waals surface area contributed by atoms with Gasteiger partial charge < -0.3 is 30.5 Å². The number of hydrogen-bond donors (Lipinski definition) is 4. The van der Waals surface area contributed by atoms with E-state index in [1.54, 1.807) is 40.3 Å². The number of aromatic nitrogens is 3. The van der Waals surface area contributed by atoms with Crippen molar-refractivity contribution in [3.8, 4) is 11.4 Å². The fourth-order valence-electron chi connectivity index (χ4n) is 6.28. The number of fused-ring (bicyclic) bond motifs is 1. The standard InChI is InChI=1S/C36H40N8O4/c1-2-17-43-32-30(35(47)44(36(43)48)28-14-15-28)40-31(41-32)27-13-16-29(38-22-27)37-20-23-5-7-24(8-6-23)21-39-33(45)25-9-11-26(12-10-25)34(46)42-18-3-4-19-42/h5-13,16,22,28,36,48H,2-4,14-15,17-21H2,1H3,(H,37,38)(H,39,45)(H,40,41). The van der Waals surface area contributed by atoms with Crippen molar-refractivity contribution in [3.05, 3.63) is 94.8 Å². The predicted octanol–water partition coefficient (Wildman–Crippen LogP) is 4.36. The fraction of sp³-hybridized carbons (Fsp3) is 0.361. The third kappa shape index (κ3) is 6.48. The smallest absolute Gasteiger partial charge is 0.277 e. The van der Waals surface area contributed by atoms with Crippen molar-refractivity contribution in [1.29, 1.82) is 0 Å². The molecule has 3 aliphatic rings. The number of benzene rings is 2. The summed E-state index contributed by atoms with van der Waals surface area (Å²) >= 11 is 0. The fourth-order valence-corrected chi connectivity index (χ4v) is 6.28. The van der Waals surface area contributed by atoms with Gasteiger partial charge in [0.2, 0.25) is 6.35 Å². The van der Waals surface area contributed by atoms with E-state index in [4.69, 9.17) is 4.98 Å². The molecule has 3 amide bonds. The topological polar surface area (TPSA) is 147 Å². The van der Waals surface area contributed by atoms with Crippen LogP contribution in [0.25, 0.3) is 11.4 Å². The van der Waals surface area contributed by atoms with E-state index in [2.05, 4.69) is 20.6 Å². The Morgan fingerprint density at radius 2 is 1.62 bits per heavy atom. The van der Waals surface area contributed by atoms with Gasteiger partial charge in [-0.2, -0.15) is 0 Å². The number of H-pyrrole nitrogens is 1. The van der Waals surface area contributed by atoms with Gasteiger partial charge in [0.05, 0.1) is 0 Å². The molecule has 12 heteroatoms. The van der Waals surface area contributed by atoms with Gasteiger partial charge in [-0.05, 0) is 79.6 Å². The third-order valence-electron chi connectivity index (χ3n) is 9.11. The van der Waals surface area contributed by atoms with Gasteiger partial charge in [0.15, 0.2) is 5.82 Å². The summed E-state index contributed by atoms with van der Waals surface area (Å²) in [6.07, 6.45) is 5.40. The molecular weight excluding hydrogens is 608 g/mol. The summed E-state index contributed by atoms with van der Waals surface area (Å²) in [5.41, 5.74) is 4.30. The minimum Gasteiger partial charge on any atom is -0.366 e. The Hall–Kier alpha value is -5.23. The quantitative estimate of drug-likeness (QED) is 0.188. The first-order valence-corrected chi connectivity index (χ1v) is 16.7. The van der Waals surface area contributed by atoms with E-state index in [0.717, 1.165) is 61.9 Å². The minimum absolute atomic E-state index is 0.0221. The molecule has 2 aliphatic heterocycles. The van der Waals surface area contributed by atoms with Crippen LogP contribution in [0.2, 0.25) is 0 Å². The van der Waals surface area contributed by atoms with Crippen molar-refractivity contribution in [3.63, 3.8) is 0 Å². The molecule has 0 bridgehead atoms. The number of aliphatic hydroxyl groups excluding tert-OH is 1. The molecule has 2 fully saturated rings. The highest BCUT2D eigenvalue weighted by Crippen LogP contribution is 2.37. The molecule has 1 saturated carbocycles. The second kappa shape index (κ2) is 13.5. The lowest BCUT2D eigenvalue weighted by Crippen LogP contribution is -2.56. The van der Waals surface area contributed by atoms with Crippen molar-refractivity contribution in [2.75, 3.05) is 29.9 Å². The van der Waals surface area contributed by atoms with Crippen LogP contribution >= 0.6 is 0 Å². The van der Waals surface area contributed by atoms with E-state index in [9.17, 15) is 19.5 Å². The number of nitrogens with zero attached hydrogens (tertiary/aromatic N) is 5. The molecule has 1 atom stereocenters. The maximum atomic E-state index is 13.2. The summed E-state index contributed by atoms with van der Waals surface area (Å²) in [5, 5.41) is 17.2. The normalized spacial score (nSPS) is 17.4. The number of aromatic amines is 1. The number of hydrogen-bond acceptors (Lipinski definition) is 8. The van der Waals surface area contributed by atoms with Crippen LogP contribution in [-0.4, -0.2) is 79.6 Å². The van der Waals surface area contributed by atoms with E-state index >= 15 is 0 Å². The van der Waals surface area contributed by atoms with Crippen LogP contribution in [0.15, 0.2) is 66.9 Å². The zero-order valence-corrected chi connectivity index (χ0v) is 27.0. The molecule has 4 aromatic rings. The van der Waals surface area contributed by atoms with Crippen molar-refractivity contribution >= 4 is 29.4 Å². The number of imidazole rings is 1. The highest BCUT2D eigenvalue weighted by molar-refractivity contribution is 6.00. The van der Waals surface area contributed by atoms with Crippen LogP contribution in [0.4, 0.5) is 11.6 Å². The molecular formula is C36H40N8O4. The van der Waals surface area contributed by atoms with Gasteiger partial charge in [0, 0.05) is 61.7 Å². The van der Waals surface area contributed by atoms with E-state index in [-0.39, 0.29) is 23.8 Å². The van der Waals surface area contributed by atoms with Gasteiger partial charge in [-0.3, -0.25) is 19.3 Å². The monoisotopic (exact) mass is 648 g/mol. The number of likely N-dealkylation sites (tertiary alicyclic amines) is 1. The average molecular weight is 649 g/mol. The molecule has 248 valence electrons. The molecule has 2 aromatic carbocycles. The number of anilines is 2. The lowest BCUT2D eigenvalue weighted by atomic mass is 10.1. The van der Waals surface area contributed by atoms with Crippen molar-refractivity contribution in [2.45, 2.75) is 64.5 Å². The Morgan fingerprint density at radius 3 is 2.27 bits per heavy atom. The van der Waals surface area contributed by atoms with Gasteiger partial charge in [-0.1, -0.05) is 31.2 Å². The summed E-state index contributed by atoms with van der Waals surface area (Å²) in [6.45, 7) is 5.16. The van der Waals surface area contributed by atoms with Crippen LogP contribution < -0.4 is 15.5 Å². The number of aliphatic hydroxyl groups is 1. The molecule has 1 saturated heterocycles. The van der Waals surface area contributed by atoms with Gasteiger partial charge >= 0.3 is 0 Å². The van der Waals surface area contributed by atoms with Crippen molar-refractivity contribution < 1.29 is 19.5 Å². The first kappa shape index (κ1) is 31.4. The van der Waals surface area contributed by atoms with Gasteiger partial charge in [0.25, 0.3) is 17.7 Å². The molecule has 2 aromatic heterocycles. The maximum Gasteiger partial charge on any atom is 0.277 e. The van der Waals surface area contributed by atoms with E-state index in [0.29, 0.717) is 53.9 Å². The van der Waals surface area contributed by atoms with Crippen molar-refractivity contribution in [1.82, 2.24) is 30.1 Å². The van der Waals surface area contributed by atoms with Crippen LogP contribution in [0.5, 0.6) is 0 Å². The summed E-state index contributed by atoms with van der Waals surface area (Å²) < 4.78 is 0. The van der Waals surface area contributed by atoms with Gasteiger partial charge in [0.1, 0.15) is 17.3 Å². The Bertz CT molecular complexity index is 1780. The number of pyridine rings is 1. The van der Waals surface area contributed by atoms with Crippen molar-refractivity contribution in [2.24, 2.45) is 0 Å². The third-order valence-corrected chi connectivity index (χ3v) is 9.11. The second-order valence-corrected chi connectivity index (χ2v) is 12.6. The number of carbonyl (C=O) groups excluding carboxylic acids is 3. The predicted molar refractivity (Wildman–Crippen MR) is 181 cm³/mol. The first-order valence-electron chi connectivity index (χ1n) is 16.7. The molecule has 0 spiro atoms. The number of nitrogens with one attached hydrogen (secondary N) is 3. The first-order chi connectivity index (χ1) is 23.4. The average Bonchev–Trinajstić information content (AvgIpc) is 3.59. The lowest BCUT2D eigenvalue weighted by molar-refractivity contribution is -0.00313. The van der Waals surface area contributed by atoms with Crippen LogP contribution in [0.3, 0.4) is 0 Å². The molecule has 7 rings (SSSR count). The van der Waals surface area contributed by atoms with Crippen LogP contribution in [0.1, 0.15) is 81.4 Å². The molecule has 4 heterocycles. The number of rotatable bonds is 11. The highest BCUT2D eigenvalue weighted by Gasteiger charge is 2.46. The molecule has 4 N–H and O–H groups in total. The van der Waals surface area contributed by atoms with Gasteiger partial charge in [-0.25, -0.2) is 9.97 Å². The summed E-state index contributed by atoms with van der Waals surface area (Å²) in [4.78, 5) is 56.1. The van der Waals surface area contributed by atoms with E-state index in [1.807, 2.05) is 48.2 Å². The second-order valence-electron chi connectivity index (χ2n) is 12.6. The largest absolute Gasteiger partial charge is 0.366 e. The molecule has 1 aliphatic carbocycles. The highest BCUT2D eigenvalue weighted by atomic mass is 16.3. The Balaban J connectivity index is 0.914. The van der Waals surface area contributed by atoms with Crippen LogP contribution in [0, 0.1) is 0 Å². The van der Waals surface area contributed by atoms with E-state index < -0.39 is 6.35 Å². The Morgan fingerprint density at radius 1 is 0.938 bits per heavy atom. The Kier molecular flexibility index (Phi) is 8.81. The molecule has 12 nitrogen and oxygen atoms in total. The zero-order chi connectivity index (χ0) is 33.2. The Labute approximate surface area is 279 Å². The van der Waals surface area contributed by atoms with Crippen LogP contribution in [-0.2, 0) is 13.1 Å². The molecule has 48 heavy (non-hydrogen) atoms. The number of amides is 3. The minimum atomic E-state index is -1.01. The summed E-state index contributed by atoms with van der Waals surface area (Å²) in [7, 11) is 0. The molecule has 0 radical (unpaired) electrons. The molecule has 1 unspecified atom stereocenters. The lowest BCUT2D eigenvalue weighted by Gasteiger charge is -2.40. The van der Waals surface area contributed by atoms with E-state index in [1.165, 1.54) is 0 Å². The summed E-state index contributed by atoms with van der Waals surface area (Å²) in [6, 6.07) is 18.7. The SMILES string of the molecule is CCCN1c2nc(-c3ccc(NCc4ccc(CNC(=O)c5ccc(C(=O)N6CCCC6)cc5)cc4)nc3)[nH]c2C(=O)N(C2CC2)C1O. The number of carbonyl (C=O) groups is 3. The van der Waals surface area contributed by atoms with Gasteiger partial charge in [-0.15, -0.1) is 0 Å². The zero-order valence-electron chi connectivity index (χ0n) is 27.0. The summed E-state index contributed by atoms with van der Waals surface area (Å²) in [5.74, 6) is 1.32.